The SMILES string of the molecule is COC(C)C(=O)Nc1ncc(Cl)s1. The molecule has 1 N–H and O–H groups in total. The van der Waals surface area contributed by atoms with E-state index < -0.39 is 6.10 Å². The number of halogens is 1. The Balaban J connectivity index is 2.54. The van der Waals surface area contributed by atoms with Crippen LogP contribution in [-0.4, -0.2) is 24.1 Å². The largest absolute Gasteiger partial charge is 0.372 e. The molecule has 1 atom stereocenters. The highest BCUT2D eigenvalue weighted by Gasteiger charge is 2.12. The lowest BCUT2D eigenvalue weighted by molar-refractivity contribution is -0.124. The maximum absolute atomic E-state index is 11.2. The number of hydrogen-bond donors (Lipinski definition) is 1. The number of thiazole rings is 1. The van der Waals surface area contributed by atoms with E-state index in [0.29, 0.717) is 9.47 Å². The van der Waals surface area contributed by atoms with E-state index in [-0.39, 0.29) is 5.91 Å². The van der Waals surface area contributed by atoms with Crippen LogP contribution in [0, 0.1) is 0 Å². The van der Waals surface area contributed by atoms with Crippen LogP contribution in [0.5, 0.6) is 0 Å². The van der Waals surface area contributed by atoms with Crippen LogP contribution >= 0.6 is 22.9 Å². The maximum atomic E-state index is 11.2. The van der Waals surface area contributed by atoms with E-state index >= 15 is 0 Å². The van der Waals surface area contributed by atoms with E-state index in [0.717, 1.165) is 0 Å². The Morgan fingerprint density at radius 1 is 1.85 bits per heavy atom. The number of amides is 1. The smallest absolute Gasteiger partial charge is 0.254 e. The Kier molecular flexibility index (Phi) is 3.65. The molecule has 0 saturated carbocycles. The topological polar surface area (TPSA) is 51.2 Å². The summed E-state index contributed by atoms with van der Waals surface area (Å²) < 4.78 is 5.36. The first kappa shape index (κ1) is 10.4. The summed E-state index contributed by atoms with van der Waals surface area (Å²) in [5.74, 6) is -0.228. The van der Waals surface area contributed by atoms with Crippen LogP contribution < -0.4 is 5.32 Å². The number of nitrogens with one attached hydrogen (secondary N) is 1. The van der Waals surface area contributed by atoms with Gasteiger partial charge in [0.1, 0.15) is 10.4 Å². The van der Waals surface area contributed by atoms with Crippen LogP contribution in [0.3, 0.4) is 0 Å². The standard InChI is InChI=1S/C7H9ClN2O2S/c1-4(12-2)6(11)10-7-9-3-5(8)13-7/h3-4H,1-2H3,(H,9,10,11). The lowest BCUT2D eigenvalue weighted by atomic mass is 10.4. The third kappa shape index (κ3) is 2.95. The predicted octanol–water partition coefficient (Wildman–Crippen LogP) is 1.77. The first-order valence-electron chi connectivity index (χ1n) is 3.58. The summed E-state index contributed by atoms with van der Waals surface area (Å²) in [7, 11) is 1.47. The molecule has 1 aromatic heterocycles. The second kappa shape index (κ2) is 4.55. The first-order valence-corrected chi connectivity index (χ1v) is 4.78. The Hall–Kier alpha value is -0.650. The second-order valence-electron chi connectivity index (χ2n) is 2.34. The minimum absolute atomic E-state index is 0.228. The summed E-state index contributed by atoms with van der Waals surface area (Å²) in [6.07, 6.45) is 1.00. The Morgan fingerprint density at radius 3 is 3.00 bits per heavy atom. The predicted molar refractivity (Wildman–Crippen MR) is 52.2 cm³/mol. The zero-order valence-electron chi connectivity index (χ0n) is 7.20. The molecule has 1 amide bonds. The van der Waals surface area contributed by atoms with Gasteiger partial charge < -0.3 is 4.74 Å². The molecule has 1 aromatic rings. The monoisotopic (exact) mass is 220 g/mol. The molecule has 0 spiro atoms. The normalized spacial score (nSPS) is 12.5. The van der Waals surface area contributed by atoms with Gasteiger partial charge in [0.2, 0.25) is 0 Å². The third-order valence-electron chi connectivity index (χ3n) is 1.43. The second-order valence-corrected chi connectivity index (χ2v) is 4.00. The fourth-order valence-electron chi connectivity index (χ4n) is 0.626. The molecule has 13 heavy (non-hydrogen) atoms. The fourth-order valence-corrected chi connectivity index (χ4v) is 1.44. The van der Waals surface area contributed by atoms with Crippen molar-refractivity contribution in [2.45, 2.75) is 13.0 Å². The number of ether oxygens (including phenoxy) is 1. The minimum atomic E-state index is -0.484. The van der Waals surface area contributed by atoms with Crippen LogP contribution in [0.15, 0.2) is 6.20 Å². The molecule has 0 aliphatic carbocycles. The lowest BCUT2D eigenvalue weighted by Gasteiger charge is -2.07. The Bertz CT molecular complexity index is 302. The van der Waals surface area contributed by atoms with Crippen molar-refractivity contribution in [3.8, 4) is 0 Å². The number of carbonyl (C=O) groups is 1. The summed E-state index contributed by atoms with van der Waals surface area (Å²) in [4.78, 5) is 15.1. The summed E-state index contributed by atoms with van der Waals surface area (Å²) in [5, 5.41) is 3.06. The number of hydrogen-bond acceptors (Lipinski definition) is 4. The van der Waals surface area contributed by atoms with Crippen molar-refractivity contribution < 1.29 is 9.53 Å². The van der Waals surface area contributed by atoms with Crippen LogP contribution in [0.1, 0.15) is 6.92 Å². The van der Waals surface area contributed by atoms with Gasteiger partial charge in [-0.3, -0.25) is 10.1 Å². The van der Waals surface area contributed by atoms with Gasteiger partial charge >= 0.3 is 0 Å². The molecule has 0 aromatic carbocycles. The molecule has 72 valence electrons. The van der Waals surface area contributed by atoms with Gasteiger partial charge in [0.15, 0.2) is 5.13 Å². The number of anilines is 1. The average molecular weight is 221 g/mol. The van der Waals surface area contributed by atoms with E-state index in [1.54, 1.807) is 6.92 Å². The van der Waals surface area contributed by atoms with Crippen molar-refractivity contribution in [3.05, 3.63) is 10.5 Å². The third-order valence-corrected chi connectivity index (χ3v) is 2.46. The van der Waals surface area contributed by atoms with Crippen LogP contribution in [0.25, 0.3) is 0 Å². The highest BCUT2D eigenvalue weighted by Crippen LogP contribution is 2.22. The molecular weight excluding hydrogens is 212 g/mol. The molecule has 0 radical (unpaired) electrons. The van der Waals surface area contributed by atoms with Crippen LogP contribution in [0.2, 0.25) is 4.34 Å². The molecule has 1 rings (SSSR count). The molecule has 0 fully saturated rings. The first-order chi connectivity index (χ1) is 6.13. The van der Waals surface area contributed by atoms with E-state index in [1.807, 2.05) is 0 Å². The van der Waals surface area contributed by atoms with Gasteiger partial charge in [-0.1, -0.05) is 22.9 Å². The van der Waals surface area contributed by atoms with Gasteiger partial charge in [0, 0.05) is 7.11 Å². The van der Waals surface area contributed by atoms with Crippen LogP contribution in [0.4, 0.5) is 5.13 Å². The van der Waals surface area contributed by atoms with Gasteiger partial charge in [0.05, 0.1) is 6.20 Å². The van der Waals surface area contributed by atoms with Crippen molar-refractivity contribution >= 4 is 34.0 Å². The number of carbonyl (C=O) groups excluding carboxylic acids is 1. The summed E-state index contributed by atoms with van der Waals surface area (Å²) in [5.41, 5.74) is 0. The van der Waals surface area contributed by atoms with Gasteiger partial charge in [-0.2, -0.15) is 0 Å². The van der Waals surface area contributed by atoms with E-state index in [9.17, 15) is 4.79 Å². The molecule has 0 aliphatic rings. The lowest BCUT2D eigenvalue weighted by Crippen LogP contribution is -2.26. The zero-order valence-corrected chi connectivity index (χ0v) is 8.78. The van der Waals surface area contributed by atoms with Crippen molar-refractivity contribution in [1.82, 2.24) is 4.98 Å². The Labute approximate surface area is 84.9 Å². The van der Waals surface area contributed by atoms with E-state index in [2.05, 4.69) is 10.3 Å². The van der Waals surface area contributed by atoms with Crippen molar-refractivity contribution in [3.63, 3.8) is 0 Å². The summed E-state index contributed by atoms with van der Waals surface area (Å²) in [6.45, 7) is 1.66. The van der Waals surface area contributed by atoms with E-state index in [1.165, 1.54) is 24.6 Å². The molecule has 0 saturated heterocycles. The van der Waals surface area contributed by atoms with E-state index in [4.69, 9.17) is 16.3 Å². The average Bonchev–Trinajstić information content (AvgIpc) is 2.49. The minimum Gasteiger partial charge on any atom is -0.372 e. The Morgan fingerprint density at radius 2 is 2.54 bits per heavy atom. The molecule has 1 unspecified atom stereocenters. The quantitative estimate of drug-likeness (QED) is 0.845. The van der Waals surface area contributed by atoms with Gasteiger partial charge in [-0.15, -0.1) is 0 Å². The highest BCUT2D eigenvalue weighted by atomic mass is 35.5. The molecule has 0 bridgehead atoms. The molecule has 0 aliphatic heterocycles. The summed E-state index contributed by atoms with van der Waals surface area (Å²) >= 11 is 6.84. The number of methoxy groups -OCH3 is 1. The van der Waals surface area contributed by atoms with Gasteiger partial charge in [-0.05, 0) is 6.92 Å². The molecular formula is C7H9ClN2O2S. The number of rotatable bonds is 3. The summed E-state index contributed by atoms with van der Waals surface area (Å²) in [6, 6.07) is 0. The zero-order chi connectivity index (χ0) is 9.84. The molecule has 4 nitrogen and oxygen atoms in total. The number of nitrogens with zero attached hydrogens (tertiary/aromatic N) is 1. The van der Waals surface area contributed by atoms with Crippen molar-refractivity contribution in [1.29, 1.82) is 0 Å². The van der Waals surface area contributed by atoms with Gasteiger partial charge in [-0.25, -0.2) is 4.98 Å². The van der Waals surface area contributed by atoms with Crippen molar-refractivity contribution in [2.75, 3.05) is 12.4 Å². The van der Waals surface area contributed by atoms with Crippen LogP contribution in [-0.2, 0) is 9.53 Å². The fraction of sp³-hybridized carbons (Fsp3) is 0.429. The molecule has 6 heteroatoms. The maximum Gasteiger partial charge on any atom is 0.254 e. The van der Waals surface area contributed by atoms with Crippen molar-refractivity contribution in [2.24, 2.45) is 0 Å². The molecule has 1 heterocycles. The highest BCUT2D eigenvalue weighted by molar-refractivity contribution is 7.19. The number of aromatic nitrogens is 1. The van der Waals surface area contributed by atoms with Gasteiger partial charge in [0.25, 0.3) is 5.91 Å².